The lowest BCUT2D eigenvalue weighted by Gasteiger charge is -2.32. The molecule has 3 aliphatic rings. The highest BCUT2D eigenvalue weighted by molar-refractivity contribution is 7.99. The number of nitrogens with one attached hydrogen (secondary N) is 1. The van der Waals surface area contributed by atoms with Crippen LogP contribution in [0.15, 0.2) is 23.1 Å². The quantitative estimate of drug-likeness (QED) is 0.827. The average Bonchev–Trinajstić information content (AvgIpc) is 3.36. The summed E-state index contributed by atoms with van der Waals surface area (Å²) in [6.45, 7) is 2.71. The van der Waals surface area contributed by atoms with Crippen molar-refractivity contribution in [2.45, 2.75) is 55.2 Å². The predicted octanol–water partition coefficient (Wildman–Crippen LogP) is 3.73. The number of benzene rings is 1. The van der Waals surface area contributed by atoms with Crippen molar-refractivity contribution in [2.24, 2.45) is 0 Å². The van der Waals surface area contributed by atoms with Crippen molar-refractivity contribution in [3.8, 4) is 0 Å². The second-order valence-corrected chi connectivity index (χ2v) is 8.58. The minimum absolute atomic E-state index is 0.101. The Bertz CT molecular complexity index is 645. The highest BCUT2D eigenvalue weighted by atomic mass is 32.2. The van der Waals surface area contributed by atoms with Gasteiger partial charge in [0.05, 0.1) is 18.2 Å². The van der Waals surface area contributed by atoms with Crippen LogP contribution in [-0.2, 0) is 9.47 Å². The lowest BCUT2D eigenvalue weighted by atomic mass is 10.0. The Hall–Kier alpha value is -1.31. The Kier molecular flexibility index (Phi) is 6.20. The van der Waals surface area contributed by atoms with Crippen molar-refractivity contribution in [1.82, 2.24) is 10.2 Å². The minimum atomic E-state index is -0.202. The fraction of sp³-hybridized carbons (Fsp3) is 0.650. The van der Waals surface area contributed by atoms with Crippen LogP contribution in [0.2, 0.25) is 0 Å². The first-order valence-corrected chi connectivity index (χ1v) is 10.9. The first-order chi connectivity index (χ1) is 13.2. The molecular weight excluding hydrogens is 367 g/mol. The molecule has 3 unspecified atom stereocenters. The van der Waals surface area contributed by atoms with Crippen LogP contribution in [0.3, 0.4) is 0 Å². The van der Waals surface area contributed by atoms with Gasteiger partial charge in [0.1, 0.15) is 5.82 Å². The maximum Gasteiger partial charge on any atom is 0.318 e. The molecule has 0 spiro atoms. The minimum Gasteiger partial charge on any atom is -0.376 e. The van der Waals surface area contributed by atoms with Gasteiger partial charge in [-0.05, 0) is 43.7 Å². The van der Waals surface area contributed by atoms with Gasteiger partial charge in [-0.15, -0.1) is 11.8 Å². The van der Waals surface area contributed by atoms with E-state index in [4.69, 9.17) is 9.47 Å². The van der Waals surface area contributed by atoms with E-state index in [0.29, 0.717) is 18.0 Å². The van der Waals surface area contributed by atoms with Crippen LogP contribution in [0.25, 0.3) is 0 Å². The Morgan fingerprint density at radius 1 is 1.15 bits per heavy atom. The molecule has 5 nitrogen and oxygen atoms in total. The largest absolute Gasteiger partial charge is 0.376 e. The van der Waals surface area contributed by atoms with Gasteiger partial charge < -0.3 is 19.7 Å². The van der Waals surface area contributed by atoms with E-state index in [-0.39, 0.29) is 30.1 Å². The van der Waals surface area contributed by atoms with Gasteiger partial charge in [-0.25, -0.2) is 9.18 Å². The van der Waals surface area contributed by atoms with Crippen molar-refractivity contribution in [3.05, 3.63) is 29.6 Å². The lowest BCUT2D eigenvalue weighted by molar-refractivity contribution is 0.0492. The molecule has 148 valence electrons. The first kappa shape index (κ1) is 19.0. The maximum absolute atomic E-state index is 14.1. The summed E-state index contributed by atoms with van der Waals surface area (Å²) in [7, 11) is 0. The summed E-state index contributed by atoms with van der Waals surface area (Å²) in [6, 6.07) is 4.86. The third-order valence-corrected chi connectivity index (χ3v) is 6.67. The van der Waals surface area contributed by atoms with Gasteiger partial charge >= 0.3 is 6.03 Å². The molecule has 3 aliphatic heterocycles. The molecule has 3 atom stereocenters. The zero-order chi connectivity index (χ0) is 18.6. The van der Waals surface area contributed by atoms with Gasteiger partial charge in [-0.2, -0.15) is 0 Å². The Balaban J connectivity index is 1.45. The Morgan fingerprint density at radius 3 is 2.48 bits per heavy atom. The van der Waals surface area contributed by atoms with Crippen LogP contribution < -0.4 is 5.32 Å². The number of fused-ring (bicyclic) bond motifs is 1. The van der Waals surface area contributed by atoms with E-state index in [1.165, 1.54) is 17.8 Å². The van der Waals surface area contributed by atoms with E-state index in [9.17, 15) is 9.18 Å². The van der Waals surface area contributed by atoms with E-state index in [1.807, 2.05) is 11.0 Å². The topological polar surface area (TPSA) is 50.8 Å². The number of ether oxygens (including phenoxy) is 2. The van der Waals surface area contributed by atoms with Gasteiger partial charge in [-0.3, -0.25) is 0 Å². The highest BCUT2D eigenvalue weighted by Gasteiger charge is 2.30. The third-order valence-electron chi connectivity index (χ3n) is 5.51. The SMILES string of the molecule is O=C(NC1CCSc2c(F)cccc21)N(CC1CCCO1)CC1CCCO1. The smallest absolute Gasteiger partial charge is 0.318 e. The number of nitrogens with zero attached hydrogens (tertiary/aromatic N) is 1. The van der Waals surface area contributed by atoms with Crippen LogP contribution in [0.5, 0.6) is 0 Å². The second-order valence-electron chi connectivity index (χ2n) is 7.47. The van der Waals surface area contributed by atoms with Crippen LogP contribution in [0, 0.1) is 5.82 Å². The average molecular weight is 395 g/mol. The molecule has 0 aliphatic carbocycles. The number of amides is 2. The van der Waals surface area contributed by atoms with E-state index in [0.717, 1.165) is 56.6 Å². The number of carbonyl (C=O) groups is 1. The summed E-state index contributed by atoms with van der Waals surface area (Å²) in [4.78, 5) is 15.6. The molecule has 2 fully saturated rings. The monoisotopic (exact) mass is 394 g/mol. The van der Waals surface area contributed by atoms with Crippen molar-refractivity contribution in [3.63, 3.8) is 0 Å². The number of thioether (sulfide) groups is 1. The molecule has 27 heavy (non-hydrogen) atoms. The standard InChI is InChI=1S/C20H27FN2O3S/c21-17-7-1-6-16-18(8-11-27-19(16)17)22-20(24)23(12-14-4-2-9-25-14)13-15-5-3-10-26-15/h1,6-7,14-15,18H,2-5,8-13H2,(H,22,24). The molecule has 1 aromatic carbocycles. The number of halogens is 1. The van der Waals surface area contributed by atoms with Crippen molar-refractivity contribution in [1.29, 1.82) is 0 Å². The molecule has 4 rings (SSSR count). The van der Waals surface area contributed by atoms with Gasteiger partial charge in [0.2, 0.25) is 0 Å². The Labute approximate surface area is 164 Å². The van der Waals surface area contributed by atoms with Gasteiger partial charge in [0.15, 0.2) is 0 Å². The summed E-state index contributed by atoms with van der Waals surface area (Å²) >= 11 is 1.53. The zero-order valence-corrected chi connectivity index (χ0v) is 16.3. The third kappa shape index (κ3) is 4.58. The normalized spacial score (nSPS) is 27.4. The summed E-state index contributed by atoms with van der Waals surface area (Å²) in [5, 5.41) is 3.15. The fourth-order valence-corrected chi connectivity index (χ4v) is 5.23. The first-order valence-electron chi connectivity index (χ1n) is 9.90. The molecule has 7 heteroatoms. The van der Waals surface area contributed by atoms with Crippen LogP contribution >= 0.6 is 11.8 Å². The van der Waals surface area contributed by atoms with E-state index >= 15 is 0 Å². The van der Waals surface area contributed by atoms with Gasteiger partial charge in [-0.1, -0.05) is 12.1 Å². The van der Waals surface area contributed by atoms with E-state index in [1.54, 1.807) is 6.07 Å². The molecule has 1 N–H and O–H groups in total. The molecule has 2 amide bonds. The van der Waals surface area contributed by atoms with Crippen molar-refractivity contribution in [2.75, 3.05) is 32.1 Å². The van der Waals surface area contributed by atoms with E-state index in [2.05, 4.69) is 5.32 Å². The number of hydrogen-bond donors (Lipinski definition) is 1. The second kappa shape index (κ2) is 8.80. The maximum atomic E-state index is 14.1. The highest BCUT2D eigenvalue weighted by Crippen LogP contribution is 2.37. The lowest BCUT2D eigenvalue weighted by Crippen LogP contribution is -2.48. The molecule has 2 saturated heterocycles. The summed E-state index contributed by atoms with van der Waals surface area (Å²) in [5.74, 6) is 0.600. The molecule has 0 saturated carbocycles. The van der Waals surface area contributed by atoms with Crippen LogP contribution in [0.4, 0.5) is 9.18 Å². The van der Waals surface area contributed by atoms with Crippen LogP contribution in [0.1, 0.15) is 43.7 Å². The van der Waals surface area contributed by atoms with Crippen molar-refractivity contribution >= 4 is 17.8 Å². The number of urea groups is 1. The van der Waals surface area contributed by atoms with Crippen LogP contribution in [-0.4, -0.2) is 55.2 Å². The Morgan fingerprint density at radius 2 is 1.85 bits per heavy atom. The fourth-order valence-electron chi connectivity index (χ4n) is 4.09. The molecular formula is C20H27FN2O3S. The summed E-state index contributed by atoms with van der Waals surface area (Å²) in [5.41, 5.74) is 0.883. The predicted molar refractivity (Wildman–Crippen MR) is 103 cm³/mol. The number of hydrogen-bond acceptors (Lipinski definition) is 4. The van der Waals surface area contributed by atoms with Gasteiger partial charge in [0.25, 0.3) is 0 Å². The summed E-state index contributed by atoms with van der Waals surface area (Å²) in [6.07, 6.45) is 5.08. The summed E-state index contributed by atoms with van der Waals surface area (Å²) < 4.78 is 25.6. The molecule has 0 aromatic heterocycles. The molecule has 0 radical (unpaired) electrons. The van der Waals surface area contributed by atoms with E-state index < -0.39 is 0 Å². The molecule has 0 bridgehead atoms. The van der Waals surface area contributed by atoms with Gasteiger partial charge in [0, 0.05) is 37.0 Å². The molecule has 1 aromatic rings. The van der Waals surface area contributed by atoms with Crippen molar-refractivity contribution < 1.29 is 18.7 Å². The molecule has 3 heterocycles. The zero-order valence-electron chi connectivity index (χ0n) is 15.5. The number of carbonyl (C=O) groups excluding carboxylic acids is 1. The number of rotatable bonds is 5.